The van der Waals surface area contributed by atoms with Gasteiger partial charge in [0.2, 0.25) is 0 Å². The van der Waals surface area contributed by atoms with Gasteiger partial charge in [0, 0.05) is 18.2 Å². The summed E-state index contributed by atoms with van der Waals surface area (Å²) in [7, 11) is 0. The number of allylic oxidation sites excluding steroid dienone is 1. The van der Waals surface area contributed by atoms with E-state index >= 15 is 0 Å². The Kier molecular flexibility index (Phi) is 5.38. The van der Waals surface area contributed by atoms with Crippen molar-refractivity contribution in [2.24, 2.45) is 5.73 Å². The Labute approximate surface area is 155 Å². The Morgan fingerprint density at radius 1 is 0.893 bits per heavy atom. The van der Waals surface area contributed by atoms with Gasteiger partial charge >= 0.3 is 6.11 Å². The molecule has 1 aliphatic carbocycles. The molecule has 0 saturated heterocycles. The van der Waals surface area contributed by atoms with Crippen LogP contribution >= 0.6 is 0 Å². The highest BCUT2D eigenvalue weighted by atomic mass is 19.3. The van der Waals surface area contributed by atoms with Crippen LogP contribution in [0.5, 0.6) is 5.75 Å². The summed E-state index contributed by atoms with van der Waals surface area (Å²) in [6, 6.07) is 1.67. The SMILES string of the molecule is NC1CC=C(c2cc(F)c(C(F)(F)Oc3cc(F)c(F)c(F)c3)c(F)c2)CC1. The predicted molar refractivity (Wildman–Crippen MR) is 87.0 cm³/mol. The molecule has 0 amide bonds. The van der Waals surface area contributed by atoms with E-state index in [-0.39, 0.29) is 23.7 Å². The summed E-state index contributed by atoms with van der Waals surface area (Å²) < 4.78 is 100. The average molecular weight is 405 g/mol. The maximum atomic E-state index is 14.3. The summed E-state index contributed by atoms with van der Waals surface area (Å²) in [4.78, 5) is 0. The quantitative estimate of drug-likeness (QED) is 0.546. The molecule has 2 N–H and O–H groups in total. The lowest BCUT2D eigenvalue weighted by Gasteiger charge is -2.22. The highest BCUT2D eigenvalue weighted by molar-refractivity contribution is 5.67. The van der Waals surface area contributed by atoms with Gasteiger partial charge in [0.15, 0.2) is 17.5 Å². The second kappa shape index (κ2) is 7.46. The van der Waals surface area contributed by atoms with Crippen LogP contribution in [0, 0.1) is 29.1 Å². The zero-order chi connectivity index (χ0) is 20.6. The van der Waals surface area contributed by atoms with Gasteiger partial charge in [0.25, 0.3) is 0 Å². The van der Waals surface area contributed by atoms with Crippen LogP contribution in [0.1, 0.15) is 30.4 Å². The second-order valence-corrected chi connectivity index (χ2v) is 6.40. The van der Waals surface area contributed by atoms with Crippen molar-refractivity contribution in [2.45, 2.75) is 31.4 Å². The van der Waals surface area contributed by atoms with Gasteiger partial charge < -0.3 is 10.5 Å². The van der Waals surface area contributed by atoms with E-state index in [1.165, 1.54) is 0 Å². The molecule has 1 aliphatic rings. The van der Waals surface area contributed by atoms with Gasteiger partial charge in [-0.1, -0.05) is 6.08 Å². The van der Waals surface area contributed by atoms with Crippen LogP contribution < -0.4 is 10.5 Å². The summed E-state index contributed by atoms with van der Waals surface area (Å²) in [5.41, 5.74) is 4.66. The lowest BCUT2D eigenvalue weighted by Crippen LogP contribution is -2.26. The molecule has 150 valence electrons. The van der Waals surface area contributed by atoms with E-state index in [0.717, 1.165) is 12.1 Å². The van der Waals surface area contributed by atoms with Crippen molar-refractivity contribution in [3.63, 3.8) is 0 Å². The lowest BCUT2D eigenvalue weighted by molar-refractivity contribution is -0.189. The molecule has 0 spiro atoms. The van der Waals surface area contributed by atoms with Gasteiger partial charge in [0.1, 0.15) is 22.9 Å². The van der Waals surface area contributed by atoms with E-state index < -0.39 is 46.5 Å². The van der Waals surface area contributed by atoms with Gasteiger partial charge in [0.05, 0.1) is 0 Å². The van der Waals surface area contributed by atoms with Crippen molar-refractivity contribution < 1.29 is 35.5 Å². The fraction of sp³-hybridized carbons (Fsp3) is 0.263. The monoisotopic (exact) mass is 405 g/mol. The highest BCUT2D eigenvalue weighted by Gasteiger charge is 2.41. The summed E-state index contributed by atoms with van der Waals surface area (Å²) in [6.45, 7) is 0. The molecule has 2 aromatic carbocycles. The fourth-order valence-electron chi connectivity index (χ4n) is 2.94. The molecule has 0 radical (unpaired) electrons. The van der Waals surface area contributed by atoms with Gasteiger partial charge in [-0.15, -0.1) is 0 Å². The Bertz CT molecular complexity index is 896. The molecule has 0 aromatic heterocycles. The molecule has 0 heterocycles. The molecule has 28 heavy (non-hydrogen) atoms. The van der Waals surface area contributed by atoms with Crippen molar-refractivity contribution >= 4 is 5.57 Å². The van der Waals surface area contributed by atoms with E-state index in [1.54, 1.807) is 6.08 Å². The van der Waals surface area contributed by atoms with Crippen LogP contribution in [0.15, 0.2) is 30.3 Å². The minimum Gasteiger partial charge on any atom is -0.429 e. The van der Waals surface area contributed by atoms with E-state index in [2.05, 4.69) is 4.74 Å². The number of hydrogen-bond acceptors (Lipinski definition) is 2. The van der Waals surface area contributed by atoms with Crippen molar-refractivity contribution in [1.82, 2.24) is 0 Å². The fourth-order valence-corrected chi connectivity index (χ4v) is 2.94. The third-order valence-electron chi connectivity index (χ3n) is 4.36. The standard InChI is InChI=1S/C19H14F7NO/c20-13-5-10(9-1-3-11(27)4-2-9)6-14(21)17(13)19(25,26)28-12-7-15(22)18(24)16(23)8-12/h1,5-8,11H,2-4,27H2. The molecule has 1 unspecified atom stereocenters. The number of rotatable bonds is 4. The summed E-state index contributed by atoms with van der Waals surface area (Å²) in [6.07, 6.45) is -1.42. The number of hydrogen-bond donors (Lipinski definition) is 1. The van der Waals surface area contributed by atoms with Crippen LogP contribution in [-0.2, 0) is 6.11 Å². The van der Waals surface area contributed by atoms with Crippen LogP contribution in [0.25, 0.3) is 5.57 Å². The number of ether oxygens (including phenoxy) is 1. The van der Waals surface area contributed by atoms with Gasteiger partial charge in [-0.25, -0.2) is 22.0 Å². The molecule has 3 rings (SSSR count). The topological polar surface area (TPSA) is 35.2 Å². The van der Waals surface area contributed by atoms with Crippen molar-refractivity contribution in [3.05, 3.63) is 70.6 Å². The van der Waals surface area contributed by atoms with E-state index in [0.29, 0.717) is 24.8 Å². The molecule has 0 aliphatic heterocycles. The van der Waals surface area contributed by atoms with E-state index in [9.17, 15) is 30.7 Å². The van der Waals surface area contributed by atoms with Crippen molar-refractivity contribution in [1.29, 1.82) is 0 Å². The number of benzene rings is 2. The predicted octanol–water partition coefficient (Wildman–Crippen LogP) is 5.41. The molecule has 0 fully saturated rings. The second-order valence-electron chi connectivity index (χ2n) is 6.40. The molecule has 0 bridgehead atoms. The van der Waals surface area contributed by atoms with E-state index in [4.69, 9.17) is 5.73 Å². The molecule has 2 aromatic rings. The first-order chi connectivity index (χ1) is 13.1. The van der Waals surface area contributed by atoms with Crippen LogP contribution in [0.2, 0.25) is 0 Å². The molecular weight excluding hydrogens is 391 g/mol. The molecular formula is C19H14F7NO. The molecule has 9 heteroatoms. The molecule has 1 atom stereocenters. The Balaban J connectivity index is 1.94. The number of halogens is 7. The first kappa shape index (κ1) is 20.2. The van der Waals surface area contributed by atoms with Crippen molar-refractivity contribution in [2.75, 3.05) is 0 Å². The van der Waals surface area contributed by atoms with Crippen molar-refractivity contribution in [3.8, 4) is 5.75 Å². The van der Waals surface area contributed by atoms with Gasteiger partial charge in [-0.05, 0) is 42.5 Å². The Hall–Kier alpha value is -2.55. The molecule has 2 nitrogen and oxygen atoms in total. The third-order valence-corrected chi connectivity index (χ3v) is 4.36. The van der Waals surface area contributed by atoms with Gasteiger partial charge in [-0.3, -0.25) is 0 Å². The highest BCUT2D eigenvalue weighted by Crippen LogP contribution is 2.38. The Morgan fingerprint density at radius 2 is 1.46 bits per heavy atom. The maximum absolute atomic E-state index is 14.3. The molecule has 0 saturated carbocycles. The average Bonchev–Trinajstić information content (AvgIpc) is 2.59. The largest absolute Gasteiger partial charge is 0.432 e. The third kappa shape index (κ3) is 3.99. The van der Waals surface area contributed by atoms with E-state index in [1.807, 2.05) is 0 Å². The number of alkyl halides is 2. The zero-order valence-corrected chi connectivity index (χ0v) is 14.2. The van der Waals surface area contributed by atoms with Crippen LogP contribution in [0.4, 0.5) is 30.7 Å². The first-order valence-electron chi connectivity index (χ1n) is 8.24. The first-order valence-corrected chi connectivity index (χ1v) is 8.24. The van der Waals surface area contributed by atoms with Gasteiger partial charge in [-0.2, -0.15) is 8.78 Å². The number of nitrogens with two attached hydrogens (primary N) is 1. The Morgan fingerprint density at radius 3 is 1.96 bits per heavy atom. The smallest absolute Gasteiger partial charge is 0.429 e. The van der Waals surface area contributed by atoms with Crippen LogP contribution in [-0.4, -0.2) is 6.04 Å². The lowest BCUT2D eigenvalue weighted by atomic mass is 9.90. The minimum absolute atomic E-state index is 0.0769. The summed E-state index contributed by atoms with van der Waals surface area (Å²) in [5.74, 6) is -9.79. The normalized spacial score (nSPS) is 17.4. The maximum Gasteiger partial charge on any atom is 0.432 e. The van der Waals surface area contributed by atoms with Crippen LogP contribution in [0.3, 0.4) is 0 Å². The summed E-state index contributed by atoms with van der Waals surface area (Å²) >= 11 is 0. The summed E-state index contributed by atoms with van der Waals surface area (Å²) in [5, 5.41) is 0. The minimum atomic E-state index is -4.60. The zero-order valence-electron chi connectivity index (χ0n) is 14.2.